The van der Waals surface area contributed by atoms with Crippen molar-refractivity contribution >= 4 is 22.4 Å². The van der Waals surface area contributed by atoms with Gasteiger partial charge < -0.3 is 10.6 Å². The number of thiazole rings is 1. The molecule has 2 rings (SSSR count). The van der Waals surface area contributed by atoms with Gasteiger partial charge in [0.15, 0.2) is 5.13 Å². The Morgan fingerprint density at radius 1 is 1.67 bits per heavy atom. The molecule has 82 valence electrons. The molecule has 1 aromatic heterocycles. The van der Waals surface area contributed by atoms with Crippen molar-refractivity contribution in [3.8, 4) is 0 Å². The van der Waals surface area contributed by atoms with E-state index >= 15 is 0 Å². The number of nitrogens with one attached hydrogen (secondary N) is 2. The minimum Gasteiger partial charge on any atom is -0.316 e. The molecule has 0 spiro atoms. The van der Waals surface area contributed by atoms with Gasteiger partial charge in [0.05, 0.1) is 5.92 Å². The van der Waals surface area contributed by atoms with Gasteiger partial charge in [0.2, 0.25) is 5.91 Å². The first kappa shape index (κ1) is 10.6. The first-order chi connectivity index (χ1) is 7.16. The molecule has 2 atom stereocenters. The fourth-order valence-electron chi connectivity index (χ4n) is 1.77. The zero-order chi connectivity index (χ0) is 10.8. The number of hydrogen-bond acceptors (Lipinski definition) is 4. The first-order valence-corrected chi connectivity index (χ1v) is 5.92. The molecule has 2 heterocycles. The van der Waals surface area contributed by atoms with Crippen LogP contribution in [0, 0.1) is 18.8 Å². The van der Waals surface area contributed by atoms with Crippen molar-refractivity contribution in [1.29, 1.82) is 0 Å². The summed E-state index contributed by atoms with van der Waals surface area (Å²) in [4.78, 5) is 17.1. The Bertz CT molecular complexity index is 363. The Hall–Kier alpha value is -0.940. The second kappa shape index (κ2) is 4.28. The summed E-state index contributed by atoms with van der Waals surface area (Å²) in [6, 6.07) is 0. The van der Waals surface area contributed by atoms with Gasteiger partial charge in [-0.1, -0.05) is 6.92 Å². The number of aromatic nitrogens is 1. The summed E-state index contributed by atoms with van der Waals surface area (Å²) in [5, 5.41) is 6.78. The van der Waals surface area contributed by atoms with Crippen LogP contribution in [0.3, 0.4) is 0 Å². The van der Waals surface area contributed by atoms with Crippen LogP contribution in [0.15, 0.2) is 6.20 Å². The van der Waals surface area contributed by atoms with E-state index in [1.807, 2.05) is 6.92 Å². The van der Waals surface area contributed by atoms with Crippen LogP contribution in [0.25, 0.3) is 0 Å². The molecule has 0 aromatic carbocycles. The van der Waals surface area contributed by atoms with Crippen LogP contribution in [-0.4, -0.2) is 24.0 Å². The summed E-state index contributed by atoms with van der Waals surface area (Å²) < 4.78 is 0. The minimum atomic E-state index is 0.0780. The summed E-state index contributed by atoms with van der Waals surface area (Å²) in [5.74, 6) is 0.571. The summed E-state index contributed by atoms with van der Waals surface area (Å²) in [6.07, 6.45) is 1.77. The van der Waals surface area contributed by atoms with E-state index in [0.717, 1.165) is 18.0 Å². The van der Waals surface area contributed by atoms with E-state index in [9.17, 15) is 4.79 Å². The molecule has 0 unspecified atom stereocenters. The van der Waals surface area contributed by atoms with Gasteiger partial charge in [-0.3, -0.25) is 4.79 Å². The number of aryl methyl sites for hydroxylation is 1. The van der Waals surface area contributed by atoms with E-state index in [4.69, 9.17) is 0 Å². The Kier molecular flexibility index (Phi) is 3.02. The first-order valence-electron chi connectivity index (χ1n) is 5.11. The lowest BCUT2D eigenvalue weighted by molar-refractivity contribution is -0.120. The highest BCUT2D eigenvalue weighted by Crippen LogP contribution is 2.21. The Labute approximate surface area is 93.1 Å². The molecule has 1 saturated heterocycles. The van der Waals surface area contributed by atoms with Crippen LogP contribution in [0.5, 0.6) is 0 Å². The fraction of sp³-hybridized carbons (Fsp3) is 0.600. The third kappa shape index (κ3) is 2.35. The van der Waals surface area contributed by atoms with Gasteiger partial charge in [0, 0.05) is 17.6 Å². The average molecular weight is 225 g/mol. The SMILES string of the molecule is Cc1cnc(NC(=O)[C@@H]2CNC[C@H]2C)s1. The van der Waals surface area contributed by atoms with Gasteiger partial charge in [0.1, 0.15) is 0 Å². The van der Waals surface area contributed by atoms with Gasteiger partial charge in [-0.25, -0.2) is 4.98 Å². The van der Waals surface area contributed by atoms with Crippen LogP contribution in [0.1, 0.15) is 11.8 Å². The highest BCUT2D eigenvalue weighted by Gasteiger charge is 2.29. The van der Waals surface area contributed by atoms with Crippen LogP contribution in [0.2, 0.25) is 0 Å². The van der Waals surface area contributed by atoms with E-state index in [1.165, 1.54) is 11.3 Å². The van der Waals surface area contributed by atoms with E-state index in [1.54, 1.807) is 6.20 Å². The second-order valence-electron chi connectivity index (χ2n) is 4.01. The molecular formula is C10H15N3OS. The summed E-state index contributed by atoms with van der Waals surface area (Å²) in [6.45, 7) is 5.77. The third-order valence-corrected chi connectivity index (χ3v) is 3.53. The van der Waals surface area contributed by atoms with Crippen LogP contribution < -0.4 is 10.6 Å². The number of carbonyl (C=O) groups is 1. The second-order valence-corrected chi connectivity index (χ2v) is 5.24. The van der Waals surface area contributed by atoms with Gasteiger partial charge in [-0.15, -0.1) is 11.3 Å². The van der Waals surface area contributed by atoms with Gasteiger partial charge in [-0.2, -0.15) is 0 Å². The third-order valence-electron chi connectivity index (χ3n) is 2.71. The number of rotatable bonds is 2. The molecule has 1 aliphatic heterocycles. The van der Waals surface area contributed by atoms with Gasteiger partial charge >= 0.3 is 0 Å². The average Bonchev–Trinajstić information content (AvgIpc) is 2.75. The van der Waals surface area contributed by atoms with Crippen molar-refractivity contribution in [3.63, 3.8) is 0 Å². The molecule has 1 amide bonds. The quantitative estimate of drug-likeness (QED) is 0.796. The monoisotopic (exact) mass is 225 g/mol. The number of nitrogens with zero attached hydrogens (tertiary/aromatic N) is 1. The van der Waals surface area contributed by atoms with E-state index < -0.39 is 0 Å². The van der Waals surface area contributed by atoms with Crippen molar-refractivity contribution in [3.05, 3.63) is 11.1 Å². The lowest BCUT2D eigenvalue weighted by atomic mass is 9.97. The van der Waals surface area contributed by atoms with Crippen LogP contribution >= 0.6 is 11.3 Å². The number of hydrogen-bond donors (Lipinski definition) is 2. The standard InChI is InChI=1S/C10H15N3OS/c1-6-3-11-5-8(6)9(14)13-10-12-4-7(2)15-10/h4,6,8,11H,3,5H2,1-2H3,(H,12,13,14)/t6-,8-/m1/s1. The van der Waals surface area contributed by atoms with Crippen LogP contribution in [0.4, 0.5) is 5.13 Å². The van der Waals surface area contributed by atoms with Crippen molar-refractivity contribution in [2.45, 2.75) is 13.8 Å². The highest BCUT2D eigenvalue weighted by molar-refractivity contribution is 7.15. The Morgan fingerprint density at radius 2 is 2.47 bits per heavy atom. The molecule has 1 aromatic rings. The maximum Gasteiger partial charge on any atom is 0.230 e. The summed E-state index contributed by atoms with van der Waals surface area (Å²) in [7, 11) is 0. The molecule has 2 N–H and O–H groups in total. The molecular weight excluding hydrogens is 210 g/mol. The largest absolute Gasteiger partial charge is 0.316 e. The zero-order valence-electron chi connectivity index (χ0n) is 8.91. The Morgan fingerprint density at radius 3 is 3.00 bits per heavy atom. The summed E-state index contributed by atoms with van der Waals surface area (Å²) >= 11 is 1.51. The van der Waals surface area contributed by atoms with Crippen molar-refractivity contribution in [2.24, 2.45) is 11.8 Å². The molecule has 0 aliphatic carbocycles. The summed E-state index contributed by atoms with van der Waals surface area (Å²) in [5.41, 5.74) is 0. The molecule has 15 heavy (non-hydrogen) atoms. The number of carbonyl (C=O) groups excluding carboxylic acids is 1. The minimum absolute atomic E-state index is 0.0780. The van der Waals surface area contributed by atoms with Gasteiger partial charge in [-0.05, 0) is 19.4 Å². The zero-order valence-corrected chi connectivity index (χ0v) is 9.73. The maximum atomic E-state index is 11.8. The molecule has 0 saturated carbocycles. The number of anilines is 1. The Balaban J connectivity index is 1.97. The molecule has 1 fully saturated rings. The fourth-order valence-corrected chi connectivity index (χ4v) is 2.44. The van der Waals surface area contributed by atoms with E-state index in [2.05, 4.69) is 22.5 Å². The normalized spacial score (nSPS) is 25.5. The maximum absolute atomic E-state index is 11.8. The number of amides is 1. The molecule has 1 aliphatic rings. The molecule has 5 heteroatoms. The predicted octanol–water partition coefficient (Wildman–Crippen LogP) is 1.25. The van der Waals surface area contributed by atoms with Crippen LogP contribution in [-0.2, 0) is 4.79 Å². The molecule has 4 nitrogen and oxygen atoms in total. The lowest BCUT2D eigenvalue weighted by Crippen LogP contribution is -2.27. The smallest absolute Gasteiger partial charge is 0.230 e. The van der Waals surface area contributed by atoms with Crippen molar-refractivity contribution in [2.75, 3.05) is 18.4 Å². The van der Waals surface area contributed by atoms with Crippen molar-refractivity contribution in [1.82, 2.24) is 10.3 Å². The highest BCUT2D eigenvalue weighted by atomic mass is 32.1. The van der Waals surface area contributed by atoms with Gasteiger partial charge in [0.25, 0.3) is 0 Å². The topological polar surface area (TPSA) is 54.0 Å². The lowest BCUT2D eigenvalue weighted by Gasteiger charge is -2.12. The molecule has 0 bridgehead atoms. The van der Waals surface area contributed by atoms with Crippen molar-refractivity contribution < 1.29 is 4.79 Å². The predicted molar refractivity (Wildman–Crippen MR) is 61.0 cm³/mol. The van der Waals surface area contributed by atoms with E-state index in [-0.39, 0.29) is 11.8 Å². The van der Waals surface area contributed by atoms with E-state index in [0.29, 0.717) is 11.0 Å². The molecule has 0 radical (unpaired) electrons.